The zero-order chi connectivity index (χ0) is 11.8. The van der Waals surface area contributed by atoms with Crippen LogP contribution in [0.25, 0.3) is 10.1 Å². The van der Waals surface area contributed by atoms with Crippen molar-refractivity contribution in [2.75, 3.05) is 6.61 Å². The van der Waals surface area contributed by atoms with Gasteiger partial charge in [-0.2, -0.15) is 0 Å². The number of nitrogens with zero attached hydrogens (tertiary/aromatic N) is 1. The number of ether oxygens (including phenoxy) is 1. The fourth-order valence-corrected chi connectivity index (χ4v) is 2.96. The van der Waals surface area contributed by atoms with Crippen molar-refractivity contribution in [3.8, 4) is 0 Å². The first-order valence-corrected chi connectivity index (χ1v) is 6.81. The van der Waals surface area contributed by atoms with Gasteiger partial charge < -0.3 is 4.74 Å². The molecule has 0 radical (unpaired) electrons. The molecule has 0 bridgehead atoms. The van der Waals surface area contributed by atoms with E-state index in [2.05, 4.69) is 48.5 Å². The highest BCUT2D eigenvalue weighted by Gasteiger charge is 2.24. The summed E-state index contributed by atoms with van der Waals surface area (Å²) in [6.45, 7) is 5.09. The number of fused-ring (bicyclic) bond motifs is 1. The van der Waals surface area contributed by atoms with Crippen LogP contribution >= 0.6 is 11.3 Å². The van der Waals surface area contributed by atoms with Crippen molar-refractivity contribution in [1.82, 2.24) is 0 Å². The Balaban J connectivity index is 2.03. The van der Waals surface area contributed by atoms with Gasteiger partial charge in [0.05, 0.1) is 11.6 Å². The van der Waals surface area contributed by atoms with E-state index in [1.165, 1.54) is 10.1 Å². The third-order valence-corrected chi connectivity index (χ3v) is 4.12. The second-order valence-electron chi connectivity index (χ2n) is 4.70. The van der Waals surface area contributed by atoms with Crippen LogP contribution in [0.1, 0.15) is 19.4 Å². The average Bonchev–Trinajstić information content (AvgIpc) is 2.95. The van der Waals surface area contributed by atoms with Gasteiger partial charge >= 0.3 is 0 Å². The molecular weight excluding hydrogens is 230 g/mol. The number of hydrogen-bond donors (Lipinski definition) is 0. The molecule has 1 aromatic heterocycles. The van der Waals surface area contributed by atoms with Gasteiger partial charge in [0.15, 0.2) is 0 Å². The summed E-state index contributed by atoms with van der Waals surface area (Å²) >= 11 is 1.75. The van der Waals surface area contributed by atoms with Gasteiger partial charge in [-0.3, -0.25) is 0 Å². The van der Waals surface area contributed by atoms with E-state index in [9.17, 15) is 0 Å². The minimum Gasteiger partial charge on any atom is -0.475 e. The van der Waals surface area contributed by atoms with Crippen LogP contribution in [0, 0.1) is 5.92 Å². The van der Waals surface area contributed by atoms with Gasteiger partial charge in [-0.25, -0.2) is 4.99 Å². The average molecular weight is 245 g/mol. The first kappa shape index (κ1) is 10.8. The molecule has 0 saturated heterocycles. The Labute approximate surface area is 105 Å². The van der Waals surface area contributed by atoms with Crippen LogP contribution in [0.15, 0.2) is 34.6 Å². The molecule has 2 aromatic rings. The van der Waals surface area contributed by atoms with Crippen LogP contribution in [-0.4, -0.2) is 18.5 Å². The summed E-state index contributed by atoms with van der Waals surface area (Å²) < 4.78 is 7.03. The SMILES string of the molecule is CC(C)C1COC(c2csc3ccccc23)=N1. The molecule has 1 aromatic carbocycles. The summed E-state index contributed by atoms with van der Waals surface area (Å²) in [4.78, 5) is 4.68. The molecule has 1 aliphatic rings. The van der Waals surface area contributed by atoms with Crippen molar-refractivity contribution in [2.24, 2.45) is 10.9 Å². The maximum absolute atomic E-state index is 5.74. The maximum Gasteiger partial charge on any atom is 0.218 e. The normalized spacial score (nSPS) is 19.7. The van der Waals surface area contributed by atoms with Crippen molar-refractivity contribution in [1.29, 1.82) is 0 Å². The number of benzene rings is 1. The van der Waals surface area contributed by atoms with E-state index in [1.54, 1.807) is 11.3 Å². The molecule has 88 valence electrons. The van der Waals surface area contributed by atoms with E-state index in [-0.39, 0.29) is 0 Å². The number of rotatable bonds is 2. The van der Waals surface area contributed by atoms with Gasteiger partial charge in [0, 0.05) is 15.5 Å². The smallest absolute Gasteiger partial charge is 0.218 e. The van der Waals surface area contributed by atoms with E-state index in [0.29, 0.717) is 12.0 Å². The highest BCUT2D eigenvalue weighted by atomic mass is 32.1. The standard InChI is InChI=1S/C14H15NOS/c1-9(2)12-7-16-14(15-12)11-8-17-13-6-4-3-5-10(11)13/h3-6,8-9,12H,7H2,1-2H3. The third-order valence-electron chi connectivity index (χ3n) is 3.15. The summed E-state index contributed by atoms with van der Waals surface area (Å²) in [5, 5.41) is 3.40. The Morgan fingerprint density at radius 2 is 2.18 bits per heavy atom. The molecular formula is C14H15NOS. The Kier molecular flexibility index (Phi) is 2.63. The molecule has 0 N–H and O–H groups in total. The first-order chi connectivity index (χ1) is 8.25. The molecule has 0 fully saturated rings. The van der Waals surface area contributed by atoms with Crippen LogP contribution in [0.3, 0.4) is 0 Å². The lowest BCUT2D eigenvalue weighted by atomic mass is 10.1. The van der Waals surface area contributed by atoms with Gasteiger partial charge in [0.2, 0.25) is 5.90 Å². The number of hydrogen-bond acceptors (Lipinski definition) is 3. The van der Waals surface area contributed by atoms with Crippen molar-refractivity contribution in [3.05, 3.63) is 35.2 Å². The molecule has 0 spiro atoms. The Morgan fingerprint density at radius 3 is 2.94 bits per heavy atom. The molecule has 0 amide bonds. The summed E-state index contributed by atoms with van der Waals surface area (Å²) in [6.07, 6.45) is 0. The van der Waals surface area contributed by atoms with E-state index in [4.69, 9.17) is 4.74 Å². The summed E-state index contributed by atoms with van der Waals surface area (Å²) in [7, 11) is 0. The molecule has 2 nitrogen and oxygen atoms in total. The van der Waals surface area contributed by atoms with Crippen molar-refractivity contribution in [2.45, 2.75) is 19.9 Å². The summed E-state index contributed by atoms with van der Waals surface area (Å²) in [5.41, 5.74) is 1.15. The van der Waals surface area contributed by atoms with E-state index in [0.717, 1.165) is 18.1 Å². The fraction of sp³-hybridized carbons (Fsp3) is 0.357. The van der Waals surface area contributed by atoms with Gasteiger partial charge in [-0.15, -0.1) is 11.3 Å². The largest absolute Gasteiger partial charge is 0.475 e. The Bertz CT molecular complexity index is 570. The summed E-state index contributed by atoms with van der Waals surface area (Å²) in [6, 6.07) is 8.71. The number of thiophene rings is 1. The van der Waals surface area contributed by atoms with Gasteiger partial charge in [-0.1, -0.05) is 32.0 Å². The minimum absolute atomic E-state index is 0.309. The Hall–Kier alpha value is -1.35. The van der Waals surface area contributed by atoms with Crippen LogP contribution in [-0.2, 0) is 4.74 Å². The molecule has 2 heterocycles. The molecule has 3 heteroatoms. The minimum atomic E-state index is 0.309. The van der Waals surface area contributed by atoms with Crippen LogP contribution in [0.2, 0.25) is 0 Å². The predicted molar refractivity (Wildman–Crippen MR) is 72.9 cm³/mol. The monoisotopic (exact) mass is 245 g/mol. The molecule has 0 aliphatic carbocycles. The molecule has 1 atom stereocenters. The second-order valence-corrected chi connectivity index (χ2v) is 5.61. The highest BCUT2D eigenvalue weighted by Crippen LogP contribution is 2.28. The van der Waals surface area contributed by atoms with Crippen molar-refractivity contribution >= 4 is 27.3 Å². The number of aliphatic imine (C=N–C) groups is 1. The molecule has 3 rings (SSSR count). The quantitative estimate of drug-likeness (QED) is 0.790. The maximum atomic E-state index is 5.74. The predicted octanol–water partition coefficient (Wildman–Crippen LogP) is 3.70. The fourth-order valence-electron chi connectivity index (χ4n) is 2.02. The van der Waals surface area contributed by atoms with Crippen molar-refractivity contribution < 1.29 is 4.74 Å². The van der Waals surface area contributed by atoms with Crippen LogP contribution in [0.4, 0.5) is 0 Å². The highest BCUT2D eigenvalue weighted by molar-refractivity contribution is 7.17. The van der Waals surface area contributed by atoms with Gasteiger partial charge in [0.1, 0.15) is 6.61 Å². The summed E-state index contributed by atoms with van der Waals surface area (Å²) in [5.74, 6) is 1.36. The van der Waals surface area contributed by atoms with E-state index in [1.807, 2.05) is 0 Å². The topological polar surface area (TPSA) is 21.6 Å². The van der Waals surface area contributed by atoms with Crippen molar-refractivity contribution in [3.63, 3.8) is 0 Å². The third kappa shape index (κ3) is 1.84. The molecule has 0 saturated carbocycles. The lowest BCUT2D eigenvalue weighted by molar-refractivity contribution is 0.292. The van der Waals surface area contributed by atoms with Gasteiger partial charge in [0.25, 0.3) is 0 Å². The zero-order valence-corrected chi connectivity index (χ0v) is 10.8. The van der Waals surface area contributed by atoms with E-state index >= 15 is 0 Å². The Morgan fingerprint density at radius 1 is 1.35 bits per heavy atom. The zero-order valence-electron chi connectivity index (χ0n) is 10.0. The lowest BCUT2D eigenvalue weighted by Crippen LogP contribution is -2.13. The first-order valence-electron chi connectivity index (χ1n) is 5.93. The van der Waals surface area contributed by atoms with Crippen LogP contribution < -0.4 is 0 Å². The van der Waals surface area contributed by atoms with E-state index < -0.39 is 0 Å². The van der Waals surface area contributed by atoms with Gasteiger partial charge in [-0.05, 0) is 12.0 Å². The second kappa shape index (κ2) is 4.15. The molecule has 1 unspecified atom stereocenters. The molecule has 1 aliphatic heterocycles. The van der Waals surface area contributed by atoms with Crippen LogP contribution in [0.5, 0.6) is 0 Å². The molecule has 17 heavy (non-hydrogen) atoms. The lowest BCUT2D eigenvalue weighted by Gasteiger charge is -2.06.